The van der Waals surface area contributed by atoms with Gasteiger partial charge in [0.1, 0.15) is 0 Å². The van der Waals surface area contributed by atoms with E-state index >= 15 is 0 Å². The number of nitrogens with zero attached hydrogens (tertiary/aromatic N) is 1. The highest BCUT2D eigenvalue weighted by Gasteiger charge is 2.16. The van der Waals surface area contributed by atoms with E-state index in [1.54, 1.807) is 23.2 Å². The van der Waals surface area contributed by atoms with Crippen LogP contribution in [0.5, 0.6) is 0 Å². The van der Waals surface area contributed by atoms with Gasteiger partial charge in [-0.1, -0.05) is 18.2 Å². The molecule has 0 unspecified atom stereocenters. The molecule has 110 valence electrons. The van der Waals surface area contributed by atoms with Crippen LogP contribution in [0.25, 0.3) is 0 Å². The molecule has 0 atom stereocenters. The Morgan fingerprint density at radius 1 is 1.48 bits per heavy atom. The molecule has 0 spiro atoms. The summed E-state index contributed by atoms with van der Waals surface area (Å²) in [4.78, 5) is 25.4. The fraction of sp³-hybridized carbons (Fsp3) is 0.250. The lowest BCUT2D eigenvalue weighted by Gasteiger charge is -2.22. The maximum Gasteiger partial charge on any atom is 0.253 e. The number of benzene rings is 1. The Hall–Kier alpha value is -2.56. The second kappa shape index (κ2) is 6.26. The summed E-state index contributed by atoms with van der Waals surface area (Å²) in [6.45, 7) is 6.45. The average Bonchev–Trinajstić information content (AvgIpc) is 2.43. The molecule has 1 aromatic carbocycles. The third kappa shape index (κ3) is 3.72. The van der Waals surface area contributed by atoms with Crippen LogP contribution in [0, 0.1) is 6.92 Å². The molecule has 0 saturated carbocycles. The van der Waals surface area contributed by atoms with Gasteiger partial charge in [-0.25, -0.2) is 0 Å². The summed E-state index contributed by atoms with van der Waals surface area (Å²) in [6.07, 6.45) is 3.83. The van der Waals surface area contributed by atoms with Crippen LogP contribution < -0.4 is 11.1 Å². The van der Waals surface area contributed by atoms with Crippen LogP contribution in [-0.2, 0) is 4.79 Å². The second-order valence-corrected chi connectivity index (χ2v) is 5.08. The molecule has 5 nitrogen and oxygen atoms in total. The summed E-state index contributed by atoms with van der Waals surface area (Å²) in [7, 11) is 0. The lowest BCUT2D eigenvalue weighted by atomic mass is 10.1. The number of allylic oxidation sites excluding steroid dienone is 1. The van der Waals surface area contributed by atoms with Gasteiger partial charge in [-0.15, -0.1) is 0 Å². The molecule has 3 N–H and O–H groups in total. The maximum absolute atomic E-state index is 12.1. The standard InChI is InChI=1S/C16H19N3O2/c1-11-3-4-14(17)13(9-11)16(21)18-6-8-19-7-5-12(2)10-15(19)20/h3-5,7,9H,2,6,8,10,17H2,1H3,(H,18,21). The zero-order chi connectivity index (χ0) is 15.4. The number of nitrogen functional groups attached to an aromatic ring is 1. The minimum atomic E-state index is -0.228. The first-order chi connectivity index (χ1) is 9.97. The van der Waals surface area contributed by atoms with Crippen molar-refractivity contribution in [3.05, 3.63) is 53.8 Å². The molecule has 2 rings (SSSR count). The average molecular weight is 285 g/mol. The predicted molar refractivity (Wildman–Crippen MR) is 82.5 cm³/mol. The van der Waals surface area contributed by atoms with Gasteiger partial charge < -0.3 is 16.0 Å². The van der Waals surface area contributed by atoms with Gasteiger partial charge in [-0.3, -0.25) is 9.59 Å². The second-order valence-electron chi connectivity index (χ2n) is 5.08. The predicted octanol–water partition coefficient (Wildman–Crippen LogP) is 1.61. The first-order valence-corrected chi connectivity index (χ1v) is 6.77. The van der Waals surface area contributed by atoms with E-state index in [1.807, 2.05) is 19.1 Å². The van der Waals surface area contributed by atoms with Crippen LogP contribution in [0.3, 0.4) is 0 Å². The maximum atomic E-state index is 12.1. The van der Waals surface area contributed by atoms with Gasteiger partial charge >= 0.3 is 0 Å². The summed E-state index contributed by atoms with van der Waals surface area (Å²) in [5.41, 5.74) is 8.48. The number of anilines is 1. The molecule has 1 aliphatic rings. The Morgan fingerprint density at radius 3 is 2.95 bits per heavy atom. The highest BCUT2D eigenvalue weighted by molar-refractivity contribution is 5.99. The van der Waals surface area contributed by atoms with Crippen molar-refractivity contribution in [1.82, 2.24) is 10.2 Å². The van der Waals surface area contributed by atoms with Crippen molar-refractivity contribution < 1.29 is 9.59 Å². The van der Waals surface area contributed by atoms with Gasteiger partial charge in [0.15, 0.2) is 0 Å². The van der Waals surface area contributed by atoms with Gasteiger partial charge in [-0.2, -0.15) is 0 Å². The lowest BCUT2D eigenvalue weighted by molar-refractivity contribution is -0.128. The van der Waals surface area contributed by atoms with Gasteiger partial charge in [0, 0.05) is 25.0 Å². The fourth-order valence-electron chi connectivity index (χ4n) is 2.08. The summed E-state index contributed by atoms with van der Waals surface area (Å²) < 4.78 is 0. The SMILES string of the molecule is C=C1C=CN(CCNC(=O)c2cc(C)ccc2N)C(=O)C1. The van der Waals surface area contributed by atoms with Crippen LogP contribution in [0.2, 0.25) is 0 Å². The smallest absolute Gasteiger partial charge is 0.253 e. The minimum absolute atomic E-state index is 0.00758. The van der Waals surface area contributed by atoms with Gasteiger partial charge in [-0.05, 0) is 30.7 Å². The van der Waals surface area contributed by atoms with E-state index < -0.39 is 0 Å². The number of nitrogens with one attached hydrogen (secondary N) is 1. The Bertz CT molecular complexity index is 620. The van der Waals surface area contributed by atoms with E-state index in [-0.39, 0.29) is 11.8 Å². The number of amides is 2. The lowest BCUT2D eigenvalue weighted by Crippen LogP contribution is -2.36. The van der Waals surface area contributed by atoms with E-state index in [4.69, 9.17) is 5.73 Å². The van der Waals surface area contributed by atoms with Crippen LogP contribution in [0.1, 0.15) is 22.3 Å². The number of hydrogen-bond donors (Lipinski definition) is 2. The number of carbonyl (C=O) groups excluding carboxylic acids is 2. The van der Waals surface area contributed by atoms with Crippen molar-refractivity contribution in [3.63, 3.8) is 0 Å². The molecule has 0 saturated heterocycles. The van der Waals surface area contributed by atoms with E-state index in [0.717, 1.165) is 11.1 Å². The van der Waals surface area contributed by atoms with Crippen molar-refractivity contribution >= 4 is 17.5 Å². The molecule has 2 amide bonds. The highest BCUT2D eigenvalue weighted by Crippen LogP contribution is 2.14. The molecule has 1 aliphatic heterocycles. The van der Waals surface area contributed by atoms with Crippen molar-refractivity contribution in [2.45, 2.75) is 13.3 Å². The van der Waals surface area contributed by atoms with E-state index in [2.05, 4.69) is 11.9 Å². The molecule has 21 heavy (non-hydrogen) atoms. The Balaban J connectivity index is 1.90. The topological polar surface area (TPSA) is 75.4 Å². The third-order valence-electron chi connectivity index (χ3n) is 3.28. The largest absolute Gasteiger partial charge is 0.398 e. The van der Waals surface area contributed by atoms with Crippen molar-refractivity contribution in [1.29, 1.82) is 0 Å². The number of carbonyl (C=O) groups is 2. The molecule has 1 heterocycles. The molecule has 0 aromatic heterocycles. The number of rotatable bonds is 4. The van der Waals surface area contributed by atoms with E-state index in [1.165, 1.54) is 0 Å². The van der Waals surface area contributed by atoms with E-state index in [9.17, 15) is 9.59 Å². The molecule has 1 aromatic rings. The first kappa shape index (κ1) is 14.8. The van der Waals surface area contributed by atoms with Crippen LogP contribution in [0.4, 0.5) is 5.69 Å². The quantitative estimate of drug-likeness (QED) is 0.825. The highest BCUT2D eigenvalue weighted by atomic mass is 16.2. The molecular formula is C16H19N3O2. The molecule has 0 aliphatic carbocycles. The molecule has 0 fully saturated rings. The zero-order valence-corrected chi connectivity index (χ0v) is 12.1. The summed E-state index contributed by atoms with van der Waals surface area (Å²) in [6, 6.07) is 5.32. The van der Waals surface area contributed by atoms with Crippen molar-refractivity contribution in [3.8, 4) is 0 Å². The monoisotopic (exact) mass is 285 g/mol. The van der Waals surface area contributed by atoms with Crippen LogP contribution in [-0.4, -0.2) is 29.8 Å². The Kier molecular flexibility index (Phi) is 4.42. The fourth-order valence-corrected chi connectivity index (χ4v) is 2.08. The van der Waals surface area contributed by atoms with Gasteiger partial charge in [0.05, 0.1) is 12.0 Å². The van der Waals surface area contributed by atoms with Crippen LogP contribution in [0.15, 0.2) is 42.6 Å². The van der Waals surface area contributed by atoms with Crippen molar-refractivity contribution in [2.24, 2.45) is 0 Å². The summed E-state index contributed by atoms with van der Waals surface area (Å²) in [5.74, 6) is -0.235. The summed E-state index contributed by atoms with van der Waals surface area (Å²) >= 11 is 0. The Morgan fingerprint density at radius 2 is 2.24 bits per heavy atom. The molecule has 0 radical (unpaired) electrons. The summed E-state index contributed by atoms with van der Waals surface area (Å²) in [5, 5.41) is 2.78. The minimum Gasteiger partial charge on any atom is -0.398 e. The third-order valence-corrected chi connectivity index (χ3v) is 3.28. The van der Waals surface area contributed by atoms with Crippen molar-refractivity contribution in [2.75, 3.05) is 18.8 Å². The zero-order valence-electron chi connectivity index (χ0n) is 12.1. The normalized spacial score (nSPS) is 14.4. The van der Waals surface area contributed by atoms with Gasteiger partial charge in [0.25, 0.3) is 5.91 Å². The van der Waals surface area contributed by atoms with E-state index in [0.29, 0.717) is 30.8 Å². The number of aryl methyl sites for hydroxylation is 1. The molecular weight excluding hydrogens is 266 g/mol. The van der Waals surface area contributed by atoms with Crippen LogP contribution >= 0.6 is 0 Å². The number of hydrogen-bond acceptors (Lipinski definition) is 3. The number of nitrogens with two attached hydrogens (primary N) is 1. The van der Waals surface area contributed by atoms with Gasteiger partial charge in [0.2, 0.25) is 5.91 Å². The molecule has 0 bridgehead atoms. The first-order valence-electron chi connectivity index (χ1n) is 6.77. The Labute approximate surface area is 124 Å². The molecule has 5 heteroatoms.